The molecule has 0 spiro atoms. The smallest absolute Gasteiger partial charge is 0.122 e. The highest BCUT2D eigenvalue weighted by atomic mass is 35.5. The first kappa shape index (κ1) is 10.6. The predicted molar refractivity (Wildman–Crippen MR) is 63.5 cm³/mol. The summed E-state index contributed by atoms with van der Waals surface area (Å²) in [7, 11) is 0. The summed E-state index contributed by atoms with van der Waals surface area (Å²) >= 11 is 5.84. The Hall–Kier alpha value is -0.950. The first-order chi connectivity index (χ1) is 7.18. The first-order valence-electron chi connectivity index (χ1n) is 5.23. The lowest BCUT2D eigenvalue weighted by molar-refractivity contribution is 0.297. The summed E-state index contributed by atoms with van der Waals surface area (Å²) in [6.07, 6.45) is 0.851. The summed E-state index contributed by atoms with van der Waals surface area (Å²) in [6, 6.07) is 8.23. The summed E-state index contributed by atoms with van der Waals surface area (Å²) < 4.78 is 5.64. The van der Waals surface area contributed by atoms with Crippen molar-refractivity contribution in [2.24, 2.45) is 5.92 Å². The Kier molecular flexibility index (Phi) is 3.01. The molecular weight excluding hydrogens is 208 g/mol. The Morgan fingerprint density at radius 2 is 2.33 bits per heavy atom. The monoisotopic (exact) mass is 222 g/mol. The molecule has 2 atom stereocenters. The van der Waals surface area contributed by atoms with Crippen LogP contribution in [0.25, 0.3) is 0 Å². The largest absolute Gasteiger partial charge is 0.493 e. The quantitative estimate of drug-likeness (QED) is 0.753. The van der Waals surface area contributed by atoms with E-state index in [1.54, 1.807) is 0 Å². The molecule has 0 aromatic heterocycles. The third-order valence-corrected chi connectivity index (χ3v) is 3.12. The van der Waals surface area contributed by atoms with E-state index >= 15 is 0 Å². The van der Waals surface area contributed by atoms with E-state index in [1.165, 1.54) is 5.56 Å². The molecule has 0 saturated carbocycles. The molecule has 1 aromatic rings. The Morgan fingerprint density at radius 1 is 1.60 bits per heavy atom. The van der Waals surface area contributed by atoms with Gasteiger partial charge in [-0.05, 0) is 18.4 Å². The number of halogens is 1. The molecule has 1 aromatic carbocycles. The Labute approximate surface area is 95.7 Å². The number of allylic oxidation sites excluding steroid dienone is 1. The van der Waals surface area contributed by atoms with Gasteiger partial charge in [0.2, 0.25) is 0 Å². The molecule has 0 N–H and O–H groups in total. The molecule has 1 aliphatic heterocycles. The molecule has 0 bridgehead atoms. The summed E-state index contributed by atoms with van der Waals surface area (Å²) in [5, 5.41) is 0.729. The minimum absolute atomic E-state index is 0.455. The van der Waals surface area contributed by atoms with E-state index in [1.807, 2.05) is 12.1 Å². The van der Waals surface area contributed by atoms with Crippen molar-refractivity contribution < 1.29 is 4.74 Å². The SMILES string of the molecule is C=C(Cl)CC(C)C1COc2ccccc21. The van der Waals surface area contributed by atoms with Crippen LogP contribution in [-0.2, 0) is 0 Å². The molecule has 2 rings (SSSR count). The lowest BCUT2D eigenvalue weighted by atomic mass is 9.87. The van der Waals surface area contributed by atoms with Gasteiger partial charge in [-0.3, -0.25) is 0 Å². The topological polar surface area (TPSA) is 9.23 Å². The molecule has 0 aliphatic carbocycles. The van der Waals surface area contributed by atoms with E-state index in [0.29, 0.717) is 11.8 Å². The van der Waals surface area contributed by atoms with Gasteiger partial charge in [-0.2, -0.15) is 0 Å². The number of benzene rings is 1. The number of ether oxygens (including phenoxy) is 1. The van der Waals surface area contributed by atoms with E-state index in [0.717, 1.165) is 23.8 Å². The average Bonchev–Trinajstić information content (AvgIpc) is 2.59. The van der Waals surface area contributed by atoms with Crippen molar-refractivity contribution in [1.82, 2.24) is 0 Å². The van der Waals surface area contributed by atoms with Crippen LogP contribution in [0.1, 0.15) is 24.8 Å². The maximum Gasteiger partial charge on any atom is 0.122 e. The minimum Gasteiger partial charge on any atom is -0.493 e. The first-order valence-corrected chi connectivity index (χ1v) is 5.61. The number of hydrogen-bond acceptors (Lipinski definition) is 1. The van der Waals surface area contributed by atoms with Crippen LogP contribution in [0, 0.1) is 5.92 Å². The molecule has 0 saturated heterocycles. The van der Waals surface area contributed by atoms with Gasteiger partial charge in [0.05, 0.1) is 6.61 Å². The highest BCUT2D eigenvalue weighted by molar-refractivity contribution is 6.29. The summed E-state index contributed by atoms with van der Waals surface area (Å²) in [4.78, 5) is 0. The van der Waals surface area contributed by atoms with Crippen molar-refractivity contribution in [2.45, 2.75) is 19.3 Å². The Bertz CT molecular complexity index is 373. The molecular formula is C13H15ClO. The van der Waals surface area contributed by atoms with Gasteiger partial charge in [-0.25, -0.2) is 0 Å². The lowest BCUT2D eigenvalue weighted by Gasteiger charge is -2.17. The number of rotatable bonds is 3. The van der Waals surface area contributed by atoms with E-state index in [2.05, 4.69) is 25.6 Å². The fourth-order valence-corrected chi connectivity index (χ4v) is 2.39. The second-order valence-electron chi connectivity index (χ2n) is 4.15. The van der Waals surface area contributed by atoms with Gasteiger partial charge >= 0.3 is 0 Å². The van der Waals surface area contributed by atoms with Crippen LogP contribution in [0.4, 0.5) is 0 Å². The van der Waals surface area contributed by atoms with Crippen molar-refractivity contribution in [3.05, 3.63) is 41.4 Å². The van der Waals surface area contributed by atoms with Crippen molar-refractivity contribution in [3.63, 3.8) is 0 Å². The van der Waals surface area contributed by atoms with E-state index < -0.39 is 0 Å². The van der Waals surface area contributed by atoms with Crippen LogP contribution in [0.3, 0.4) is 0 Å². The van der Waals surface area contributed by atoms with Crippen LogP contribution in [0.5, 0.6) is 5.75 Å². The maximum atomic E-state index is 5.84. The molecule has 0 radical (unpaired) electrons. The summed E-state index contributed by atoms with van der Waals surface area (Å²) in [5.74, 6) is 1.96. The molecule has 1 aliphatic rings. The number of para-hydroxylation sites is 1. The van der Waals surface area contributed by atoms with Crippen LogP contribution in [-0.4, -0.2) is 6.61 Å². The molecule has 15 heavy (non-hydrogen) atoms. The zero-order valence-corrected chi connectivity index (χ0v) is 9.63. The maximum absolute atomic E-state index is 5.84. The molecule has 2 unspecified atom stereocenters. The van der Waals surface area contributed by atoms with Gasteiger partial charge in [0.1, 0.15) is 5.75 Å². The highest BCUT2D eigenvalue weighted by Crippen LogP contribution is 2.40. The van der Waals surface area contributed by atoms with E-state index in [4.69, 9.17) is 16.3 Å². The molecule has 1 heterocycles. The predicted octanol–water partition coefficient (Wildman–Crippen LogP) is 3.94. The second-order valence-corrected chi connectivity index (χ2v) is 4.69. The zero-order chi connectivity index (χ0) is 10.8. The number of fused-ring (bicyclic) bond motifs is 1. The highest BCUT2D eigenvalue weighted by Gasteiger charge is 2.28. The zero-order valence-electron chi connectivity index (χ0n) is 8.87. The molecule has 2 heteroatoms. The fourth-order valence-electron chi connectivity index (χ4n) is 2.15. The number of hydrogen-bond donors (Lipinski definition) is 0. The van der Waals surface area contributed by atoms with Crippen molar-refractivity contribution >= 4 is 11.6 Å². The average molecular weight is 223 g/mol. The molecule has 0 fully saturated rings. The summed E-state index contributed by atoms with van der Waals surface area (Å²) in [5.41, 5.74) is 1.31. The van der Waals surface area contributed by atoms with Crippen molar-refractivity contribution in [3.8, 4) is 5.75 Å². The van der Waals surface area contributed by atoms with Gasteiger partial charge in [-0.1, -0.05) is 43.3 Å². The standard InChI is InChI=1S/C13H15ClO/c1-9(7-10(2)14)12-8-15-13-6-4-3-5-11(12)13/h3-6,9,12H,2,7-8H2,1H3. The molecule has 0 amide bonds. The van der Waals surface area contributed by atoms with Gasteiger partial charge in [0, 0.05) is 16.5 Å². The van der Waals surface area contributed by atoms with E-state index in [9.17, 15) is 0 Å². The fraction of sp³-hybridized carbons (Fsp3) is 0.385. The van der Waals surface area contributed by atoms with Gasteiger partial charge in [0.25, 0.3) is 0 Å². The van der Waals surface area contributed by atoms with Crippen LogP contribution in [0.2, 0.25) is 0 Å². The van der Waals surface area contributed by atoms with Crippen molar-refractivity contribution in [2.75, 3.05) is 6.61 Å². The minimum atomic E-state index is 0.455. The molecule has 80 valence electrons. The molecule has 1 nitrogen and oxygen atoms in total. The Balaban J connectivity index is 2.16. The Morgan fingerprint density at radius 3 is 3.07 bits per heavy atom. The lowest BCUT2D eigenvalue weighted by Crippen LogP contribution is -2.11. The normalized spacial score (nSPS) is 20.5. The summed E-state index contributed by atoms with van der Waals surface area (Å²) in [6.45, 7) is 6.71. The van der Waals surface area contributed by atoms with Crippen LogP contribution >= 0.6 is 11.6 Å². The third-order valence-electron chi connectivity index (χ3n) is 2.97. The van der Waals surface area contributed by atoms with Crippen molar-refractivity contribution in [1.29, 1.82) is 0 Å². The third kappa shape index (κ3) is 2.18. The second kappa shape index (κ2) is 4.28. The van der Waals surface area contributed by atoms with Gasteiger partial charge in [-0.15, -0.1) is 0 Å². The van der Waals surface area contributed by atoms with Gasteiger partial charge < -0.3 is 4.74 Å². The van der Waals surface area contributed by atoms with Crippen LogP contribution in [0.15, 0.2) is 35.9 Å². The van der Waals surface area contributed by atoms with Gasteiger partial charge in [0.15, 0.2) is 0 Å². The van der Waals surface area contributed by atoms with Crippen LogP contribution < -0.4 is 4.74 Å². The van der Waals surface area contributed by atoms with E-state index in [-0.39, 0.29) is 0 Å².